The van der Waals surface area contributed by atoms with Crippen molar-refractivity contribution in [2.75, 3.05) is 18.0 Å². The summed E-state index contributed by atoms with van der Waals surface area (Å²) in [4.78, 5) is 13.3. The van der Waals surface area contributed by atoms with E-state index in [1.165, 1.54) is 24.0 Å². The highest BCUT2D eigenvalue weighted by Crippen LogP contribution is 2.22. The molecular weight excluding hydrogens is 262 g/mol. The molecule has 4 heteroatoms. The lowest BCUT2D eigenvalue weighted by atomic mass is 10.1. The van der Waals surface area contributed by atoms with Crippen molar-refractivity contribution in [1.82, 2.24) is 5.32 Å². The van der Waals surface area contributed by atoms with E-state index in [9.17, 15) is 4.79 Å². The number of primary amides is 1. The molecule has 116 valence electrons. The first-order valence-corrected chi connectivity index (χ1v) is 7.96. The smallest absolute Gasteiger partial charge is 0.236 e. The molecular formula is C17H27N3O. The molecule has 1 aliphatic carbocycles. The van der Waals surface area contributed by atoms with Crippen LogP contribution in [0.1, 0.15) is 43.7 Å². The van der Waals surface area contributed by atoms with Crippen LogP contribution in [0.2, 0.25) is 0 Å². The number of carbonyl (C=O) groups is 1. The van der Waals surface area contributed by atoms with E-state index in [1.54, 1.807) is 0 Å². The molecule has 0 radical (unpaired) electrons. The van der Waals surface area contributed by atoms with Crippen molar-refractivity contribution in [1.29, 1.82) is 0 Å². The Kier molecular flexibility index (Phi) is 5.62. The van der Waals surface area contributed by atoms with Gasteiger partial charge in [0.1, 0.15) is 0 Å². The van der Waals surface area contributed by atoms with Crippen LogP contribution in [0.15, 0.2) is 18.2 Å². The number of hydrogen-bond acceptors (Lipinski definition) is 3. The van der Waals surface area contributed by atoms with Crippen LogP contribution in [0.25, 0.3) is 0 Å². The van der Waals surface area contributed by atoms with Gasteiger partial charge in [0.2, 0.25) is 5.91 Å². The summed E-state index contributed by atoms with van der Waals surface area (Å²) in [7, 11) is 0. The lowest BCUT2D eigenvalue weighted by Crippen LogP contribution is -2.34. The lowest BCUT2D eigenvalue weighted by Gasteiger charge is -2.24. The van der Waals surface area contributed by atoms with Gasteiger partial charge >= 0.3 is 0 Å². The van der Waals surface area contributed by atoms with E-state index in [0.717, 1.165) is 37.7 Å². The van der Waals surface area contributed by atoms with E-state index < -0.39 is 0 Å². The molecule has 0 aromatic heterocycles. The summed E-state index contributed by atoms with van der Waals surface area (Å²) in [5.41, 5.74) is 9.06. The SMILES string of the molecule is CCCCN(CC(N)=O)c1ccc(CNC2CC2)c(C)c1. The summed E-state index contributed by atoms with van der Waals surface area (Å²) in [5, 5.41) is 3.54. The number of amides is 1. The Morgan fingerprint density at radius 3 is 2.76 bits per heavy atom. The first-order valence-electron chi connectivity index (χ1n) is 7.96. The summed E-state index contributed by atoms with van der Waals surface area (Å²) in [6.07, 6.45) is 4.79. The molecule has 1 aromatic carbocycles. The molecule has 4 nitrogen and oxygen atoms in total. The number of carbonyl (C=O) groups excluding carboxylic acids is 1. The molecule has 0 atom stereocenters. The lowest BCUT2D eigenvalue weighted by molar-refractivity contribution is -0.116. The minimum Gasteiger partial charge on any atom is -0.368 e. The van der Waals surface area contributed by atoms with Crippen LogP contribution in [-0.4, -0.2) is 25.0 Å². The van der Waals surface area contributed by atoms with E-state index in [1.807, 2.05) is 0 Å². The number of nitrogens with two attached hydrogens (primary N) is 1. The zero-order chi connectivity index (χ0) is 15.2. The summed E-state index contributed by atoms with van der Waals surface area (Å²) in [6, 6.07) is 7.16. The molecule has 0 aliphatic heterocycles. The van der Waals surface area contributed by atoms with Crippen molar-refractivity contribution in [3.05, 3.63) is 29.3 Å². The molecule has 1 fully saturated rings. The first kappa shape index (κ1) is 15.8. The minimum absolute atomic E-state index is 0.275. The van der Waals surface area contributed by atoms with Gasteiger partial charge in [-0.2, -0.15) is 0 Å². The normalized spacial score (nSPS) is 14.2. The fraction of sp³-hybridized carbons (Fsp3) is 0.588. The summed E-state index contributed by atoms with van der Waals surface area (Å²) in [6.45, 7) is 6.38. The van der Waals surface area contributed by atoms with Crippen molar-refractivity contribution in [2.45, 2.75) is 52.1 Å². The third-order valence-corrected chi connectivity index (χ3v) is 3.98. The maximum absolute atomic E-state index is 11.3. The number of nitrogens with one attached hydrogen (secondary N) is 1. The van der Waals surface area contributed by atoms with Gasteiger partial charge in [-0.3, -0.25) is 4.79 Å². The molecule has 0 unspecified atom stereocenters. The van der Waals surface area contributed by atoms with Gasteiger partial charge in [-0.05, 0) is 49.4 Å². The minimum atomic E-state index is -0.275. The Labute approximate surface area is 127 Å². The third-order valence-electron chi connectivity index (χ3n) is 3.98. The van der Waals surface area contributed by atoms with Gasteiger partial charge in [0.15, 0.2) is 0 Å². The Morgan fingerprint density at radius 2 is 2.19 bits per heavy atom. The maximum atomic E-state index is 11.3. The van der Waals surface area contributed by atoms with E-state index in [4.69, 9.17) is 5.73 Å². The molecule has 0 bridgehead atoms. The Balaban J connectivity index is 2.04. The largest absolute Gasteiger partial charge is 0.368 e. The van der Waals surface area contributed by atoms with Crippen molar-refractivity contribution >= 4 is 11.6 Å². The Bertz CT molecular complexity index is 483. The monoisotopic (exact) mass is 289 g/mol. The van der Waals surface area contributed by atoms with E-state index in [-0.39, 0.29) is 5.91 Å². The van der Waals surface area contributed by atoms with Gasteiger partial charge in [0, 0.05) is 24.8 Å². The molecule has 0 spiro atoms. The topological polar surface area (TPSA) is 58.4 Å². The number of unbranched alkanes of at least 4 members (excludes halogenated alkanes) is 1. The number of nitrogens with zero attached hydrogens (tertiary/aromatic N) is 1. The molecule has 1 aliphatic rings. The Morgan fingerprint density at radius 1 is 1.43 bits per heavy atom. The van der Waals surface area contributed by atoms with Gasteiger partial charge in [-0.1, -0.05) is 19.4 Å². The second-order valence-corrected chi connectivity index (χ2v) is 6.01. The molecule has 0 saturated heterocycles. The van der Waals surface area contributed by atoms with E-state index in [0.29, 0.717) is 6.54 Å². The predicted molar refractivity (Wildman–Crippen MR) is 87.4 cm³/mol. The van der Waals surface area contributed by atoms with Crippen molar-refractivity contribution in [3.63, 3.8) is 0 Å². The zero-order valence-corrected chi connectivity index (χ0v) is 13.2. The fourth-order valence-electron chi connectivity index (χ4n) is 2.45. The number of aryl methyl sites for hydroxylation is 1. The standard InChI is InChI=1S/C17H27N3O/c1-3-4-9-20(12-17(18)21)16-8-5-14(13(2)10-16)11-19-15-6-7-15/h5,8,10,15,19H,3-4,6-7,9,11-12H2,1-2H3,(H2,18,21). The molecule has 1 amide bonds. The van der Waals surface area contributed by atoms with E-state index in [2.05, 4.69) is 42.3 Å². The van der Waals surface area contributed by atoms with Gasteiger partial charge in [0.05, 0.1) is 6.54 Å². The first-order chi connectivity index (χ1) is 10.1. The number of hydrogen-bond donors (Lipinski definition) is 2. The highest BCUT2D eigenvalue weighted by atomic mass is 16.1. The predicted octanol–water partition coefficient (Wildman–Crippen LogP) is 2.34. The molecule has 2 rings (SSSR count). The van der Waals surface area contributed by atoms with Crippen LogP contribution in [0.5, 0.6) is 0 Å². The molecule has 21 heavy (non-hydrogen) atoms. The van der Waals surface area contributed by atoms with Gasteiger partial charge in [-0.15, -0.1) is 0 Å². The zero-order valence-electron chi connectivity index (χ0n) is 13.2. The van der Waals surface area contributed by atoms with E-state index >= 15 is 0 Å². The van der Waals surface area contributed by atoms with Crippen LogP contribution in [0, 0.1) is 6.92 Å². The van der Waals surface area contributed by atoms with Crippen LogP contribution in [-0.2, 0) is 11.3 Å². The number of rotatable bonds is 9. The van der Waals surface area contributed by atoms with Gasteiger partial charge < -0.3 is 16.0 Å². The number of benzene rings is 1. The maximum Gasteiger partial charge on any atom is 0.236 e. The quantitative estimate of drug-likeness (QED) is 0.733. The third kappa shape index (κ3) is 5.05. The summed E-state index contributed by atoms with van der Waals surface area (Å²) in [5.74, 6) is -0.275. The summed E-state index contributed by atoms with van der Waals surface area (Å²) < 4.78 is 0. The van der Waals surface area contributed by atoms with Gasteiger partial charge in [0.25, 0.3) is 0 Å². The second kappa shape index (κ2) is 7.46. The average Bonchev–Trinajstić information content (AvgIpc) is 3.26. The van der Waals surface area contributed by atoms with Crippen LogP contribution in [0.4, 0.5) is 5.69 Å². The second-order valence-electron chi connectivity index (χ2n) is 6.01. The molecule has 3 N–H and O–H groups in total. The van der Waals surface area contributed by atoms with Gasteiger partial charge in [-0.25, -0.2) is 0 Å². The van der Waals surface area contributed by atoms with Crippen molar-refractivity contribution < 1.29 is 4.79 Å². The highest BCUT2D eigenvalue weighted by molar-refractivity contribution is 5.79. The fourth-order valence-corrected chi connectivity index (χ4v) is 2.45. The van der Waals surface area contributed by atoms with Crippen LogP contribution >= 0.6 is 0 Å². The van der Waals surface area contributed by atoms with Crippen molar-refractivity contribution in [3.8, 4) is 0 Å². The Hall–Kier alpha value is -1.55. The molecule has 1 aromatic rings. The molecule has 0 heterocycles. The highest BCUT2D eigenvalue weighted by Gasteiger charge is 2.20. The summed E-state index contributed by atoms with van der Waals surface area (Å²) >= 11 is 0. The number of anilines is 1. The van der Waals surface area contributed by atoms with Crippen LogP contribution in [0.3, 0.4) is 0 Å². The molecule has 1 saturated carbocycles. The van der Waals surface area contributed by atoms with Crippen molar-refractivity contribution in [2.24, 2.45) is 5.73 Å². The average molecular weight is 289 g/mol. The van der Waals surface area contributed by atoms with Crippen LogP contribution < -0.4 is 16.0 Å².